The van der Waals surface area contributed by atoms with Crippen LogP contribution in [0, 0.1) is 0 Å². The Bertz CT molecular complexity index is 956. The lowest BCUT2D eigenvalue weighted by Gasteiger charge is -2.03. The highest BCUT2D eigenvalue weighted by atomic mass is 16.5. The molecule has 0 fully saturated rings. The number of benzene rings is 2. The van der Waals surface area contributed by atoms with Crippen molar-refractivity contribution in [1.29, 1.82) is 0 Å². The number of fused-ring (bicyclic) bond motifs is 1. The number of nitrogens with zero attached hydrogens (tertiary/aromatic N) is 2. The zero-order chi connectivity index (χ0) is 18.0. The summed E-state index contributed by atoms with van der Waals surface area (Å²) in [5.41, 5.74) is 1.60. The minimum Gasteiger partial charge on any atom is -0.505 e. The first kappa shape index (κ1) is 16.6. The average Bonchev–Trinajstić information content (AvgIpc) is 2.92. The molecule has 0 saturated carbocycles. The molecule has 6 heteroatoms. The molecule has 0 aliphatic heterocycles. The Morgan fingerprint density at radius 3 is 2.32 bits per heavy atom. The summed E-state index contributed by atoms with van der Waals surface area (Å²) in [6.45, 7) is 1.44. The normalized spacial score (nSPS) is 11.2. The minimum absolute atomic E-state index is 0.0126. The molecule has 25 heavy (non-hydrogen) atoms. The van der Waals surface area contributed by atoms with E-state index in [-0.39, 0.29) is 11.7 Å². The summed E-state index contributed by atoms with van der Waals surface area (Å²) in [6, 6.07) is 12.3. The van der Waals surface area contributed by atoms with E-state index in [9.17, 15) is 9.90 Å². The van der Waals surface area contributed by atoms with Crippen molar-refractivity contribution in [1.82, 2.24) is 4.57 Å². The molecule has 6 nitrogen and oxygen atoms in total. The number of ether oxygens (including phenoxy) is 2. The molecule has 3 rings (SSSR count). The number of methoxy groups -OCH3 is 2. The van der Waals surface area contributed by atoms with Crippen LogP contribution in [0.4, 0.5) is 5.69 Å². The van der Waals surface area contributed by atoms with Gasteiger partial charge in [0.2, 0.25) is 5.91 Å². The van der Waals surface area contributed by atoms with Crippen molar-refractivity contribution in [2.45, 2.75) is 6.92 Å². The maximum atomic E-state index is 12.1. The molecule has 1 N–H and O–H groups in total. The molecule has 2 aromatic carbocycles. The Kier molecular flexibility index (Phi) is 4.43. The number of hydrogen-bond acceptors (Lipinski definition) is 5. The first-order valence-electron chi connectivity index (χ1n) is 7.65. The Labute approximate surface area is 144 Å². The van der Waals surface area contributed by atoms with E-state index in [4.69, 9.17) is 9.47 Å². The van der Waals surface area contributed by atoms with Gasteiger partial charge in [-0.15, -0.1) is 0 Å². The lowest BCUT2D eigenvalue weighted by molar-refractivity contribution is 0.0940. The van der Waals surface area contributed by atoms with E-state index in [1.807, 2.05) is 0 Å². The van der Waals surface area contributed by atoms with Gasteiger partial charge in [-0.3, -0.25) is 14.4 Å². The molecule has 0 amide bonds. The van der Waals surface area contributed by atoms with Crippen molar-refractivity contribution in [2.24, 2.45) is 4.99 Å². The fourth-order valence-electron chi connectivity index (χ4n) is 2.66. The maximum absolute atomic E-state index is 12.1. The van der Waals surface area contributed by atoms with Gasteiger partial charge in [-0.05, 0) is 42.5 Å². The number of carbonyl (C=O) groups is 1. The van der Waals surface area contributed by atoms with Gasteiger partial charge in [0, 0.05) is 12.3 Å². The number of rotatable bonds is 4. The third-order valence-corrected chi connectivity index (χ3v) is 3.91. The molecular formula is C19H18N2O4. The van der Waals surface area contributed by atoms with Crippen LogP contribution >= 0.6 is 0 Å². The highest BCUT2D eigenvalue weighted by molar-refractivity contribution is 6.05. The van der Waals surface area contributed by atoms with E-state index in [1.165, 1.54) is 17.7 Å². The molecule has 0 radical (unpaired) electrons. The number of hydrogen-bond donors (Lipinski definition) is 1. The predicted octanol–water partition coefficient (Wildman–Crippen LogP) is 3.77. The van der Waals surface area contributed by atoms with E-state index in [1.54, 1.807) is 56.7 Å². The van der Waals surface area contributed by atoms with Crippen LogP contribution in [0.5, 0.6) is 17.2 Å². The van der Waals surface area contributed by atoms with Gasteiger partial charge in [-0.25, -0.2) is 0 Å². The lowest BCUT2D eigenvalue weighted by atomic mass is 10.2. The second-order valence-corrected chi connectivity index (χ2v) is 5.43. The van der Waals surface area contributed by atoms with Crippen LogP contribution in [0.1, 0.15) is 17.4 Å². The molecule has 0 saturated heterocycles. The second-order valence-electron chi connectivity index (χ2n) is 5.43. The van der Waals surface area contributed by atoms with Crippen LogP contribution in [-0.4, -0.2) is 36.0 Å². The number of carbonyl (C=O) groups excluding carboxylic acids is 1. The van der Waals surface area contributed by atoms with Gasteiger partial charge in [-0.1, -0.05) is 0 Å². The van der Waals surface area contributed by atoms with Gasteiger partial charge in [0.05, 0.1) is 31.6 Å². The fraction of sp³-hybridized carbons (Fsp3) is 0.158. The van der Waals surface area contributed by atoms with Crippen molar-refractivity contribution in [3.63, 3.8) is 0 Å². The Balaban J connectivity index is 2.10. The standard InChI is InChI=1S/C19H18N2O4/c1-12(22)21-17-9-8-15(25-3)10-16(17)19(23)18(21)11-20-13-4-6-14(24-2)7-5-13/h4-11,23H,1-3H3. The van der Waals surface area contributed by atoms with Gasteiger partial charge in [0.25, 0.3) is 0 Å². The molecule has 3 aromatic rings. The summed E-state index contributed by atoms with van der Waals surface area (Å²) in [5, 5.41) is 11.1. The number of aliphatic imine (C=N–C) groups is 1. The summed E-state index contributed by atoms with van der Waals surface area (Å²) < 4.78 is 11.7. The maximum Gasteiger partial charge on any atom is 0.228 e. The number of aromatic nitrogens is 1. The largest absolute Gasteiger partial charge is 0.505 e. The molecular weight excluding hydrogens is 320 g/mol. The van der Waals surface area contributed by atoms with E-state index in [0.29, 0.717) is 28.0 Å². The van der Waals surface area contributed by atoms with Gasteiger partial charge in [-0.2, -0.15) is 0 Å². The zero-order valence-corrected chi connectivity index (χ0v) is 14.2. The molecule has 0 spiro atoms. The number of aromatic hydroxyl groups is 1. The van der Waals surface area contributed by atoms with Crippen LogP contribution in [0.2, 0.25) is 0 Å². The Morgan fingerprint density at radius 2 is 1.72 bits per heavy atom. The van der Waals surface area contributed by atoms with E-state index < -0.39 is 0 Å². The monoisotopic (exact) mass is 338 g/mol. The average molecular weight is 338 g/mol. The summed E-state index contributed by atoms with van der Waals surface area (Å²) in [6.07, 6.45) is 1.48. The van der Waals surface area contributed by atoms with Crippen LogP contribution in [0.25, 0.3) is 10.9 Å². The summed E-state index contributed by atoms with van der Waals surface area (Å²) in [7, 11) is 3.14. The van der Waals surface area contributed by atoms with Gasteiger partial charge in [0.15, 0.2) is 5.75 Å². The summed E-state index contributed by atoms with van der Waals surface area (Å²) in [5.74, 6) is 1.10. The van der Waals surface area contributed by atoms with Crippen LogP contribution in [0.3, 0.4) is 0 Å². The smallest absolute Gasteiger partial charge is 0.228 e. The lowest BCUT2D eigenvalue weighted by Crippen LogP contribution is -2.09. The van der Waals surface area contributed by atoms with Crippen molar-refractivity contribution < 1.29 is 19.4 Å². The molecule has 0 aliphatic rings. The highest BCUT2D eigenvalue weighted by Crippen LogP contribution is 2.34. The molecule has 0 atom stereocenters. The van der Waals surface area contributed by atoms with Crippen molar-refractivity contribution in [2.75, 3.05) is 14.2 Å². The molecule has 0 unspecified atom stereocenters. The van der Waals surface area contributed by atoms with E-state index in [0.717, 1.165) is 5.75 Å². The molecule has 128 valence electrons. The van der Waals surface area contributed by atoms with Crippen LogP contribution in [0.15, 0.2) is 47.5 Å². The van der Waals surface area contributed by atoms with Gasteiger partial charge >= 0.3 is 0 Å². The van der Waals surface area contributed by atoms with Gasteiger partial charge < -0.3 is 14.6 Å². The topological polar surface area (TPSA) is 73.0 Å². The second kappa shape index (κ2) is 6.68. The molecule has 0 bridgehead atoms. The first-order chi connectivity index (χ1) is 12.0. The van der Waals surface area contributed by atoms with E-state index >= 15 is 0 Å². The van der Waals surface area contributed by atoms with Crippen molar-refractivity contribution in [3.05, 3.63) is 48.2 Å². The third kappa shape index (κ3) is 3.06. The highest BCUT2D eigenvalue weighted by Gasteiger charge is 2.18. The quantitative estimate of drug-likeness (QED) is 0.735. The fourth-order valence-corrected chi connectivity index (χ4v) is 2.66. The van der Waals surface area contributed by atoms with Crippen LogP contribution in [-0.2, 0) is 0 Å². The summed E-state index contributed by atoms with van der Waals surface area (Å²) in [4.78, 5) is 16.4. The minimum atomic E-state index is -0.216. The Hall–Kier alpha value is -3.28. The first-order valence-corrected chi connectivity index (χ1v) is 7.65. The predicted molar refractivity (Wildman–Crippen MR) is 96.7 cm³/mol. The van der Waals surface area contributed by atoms with Gasteiger partial charge in [0.1, 0.15) is 17.2 Å². The molecule has 1 heterocycles. The van der Waals surface area contributed by atoms with Crippen molar-refractivity contribution >= 4 is 28.7 Å². The third-order valence-electron chi connectivity index (χ3n) is 3.91. The van der Waals surface area contributed by atoms with E-state index in [2.05, 4.69) is 4.99 Å². The molecule has 1 aromatic heterocycles. The zero-order valence-electron chi connectivity index (χ0n) is 14.2. The SMILES string of the molecule is COc1ccc(N=Cc2c(O)c3cc(OC)ccc3n2C(C)=O)cc1. The van der Waals surface area contributed by atoms with Crippen LogP contribution < -0.4 is 9.47 Å². The summed E-state index contributed by atoms with van der Waals surface area (Å²) >= 11 is 0. The Morgan fingerprint density at radius 1 is 1.08 bits per heavy atom. The van der Waals surface area contributed by atoms with Crippen molar-refractivity contribution in [3.8, 4) is 17.2 Å². The molecule has 0 aliphatic carbocycles.